The Morgan fingerprint density at radius 2 is 2.36 bits per heavy atom. The van der Waals surface area contributed by atoms with Crippen LogP contribution in [0.2, 0.25) is 0 Å². The number of amides is 1. The van der Waals surface area contributed by atoms with Crippen LogP contribution in [0.4, 0.5) is 0 Å². The van der Waals surface area contributed by atoms with Crippen LogP contribution < -0.4 is 5.32 Å². The van der Waals surface area contributed by atoms with E-state index >= 15 is 0 Å². The summed E-state index contributed by atoms with van der Waals surface area (Å²) >= 11 is 1.12. The van der Waals surface area contributed by atoms with Gasteiger partial charge in [0.2, 0.25) is 0 Å². The van der Waals surface area contributed by atoms with Crippen molar-refractivity contribution < 1.29 is 4.79 Å². The minimum atomic E-state index is -0.0919. The van der Waals surface area contributed by atoms with Gasteiger partial charge in [0.15, 0.2) is 0 Å². The number of rotatable bonds is 2. The third-order valence-electron chi connectivity index (χ3n) is 1.87. The van der Waals surface area contributed by atoms with Crippen LogP contribution in [0.1, 0.15) is 17.3 Å². The molecule has 0 saturated carbocycles. The Balaban J connectivity index is 2.50. The summed E-state index contributed by atoms with van der Waals surface area (Å²) in [6.07, 6.45) is 0. The number of fused-ring (bicyclic) bond motifs is 1. The smallest absolute Gasteiger partial charge is 0.253 e. The first kappa shape index (κ1) is 9.08. The zero-order valence-electron chi connectivity index (χ0n) is 7.65. The molecule has 0 fully saturated rings. The summed E-state index contributed by atoms with van der Waals surface area (Å²) < 4.78 is 8.16. The van der Waals surface area contributed by atoms with E-state index in [2.05, 4.69) is 14.1 Å². The summed E-state index contributed by atoms with van der Waals surface area (Å²) in [5.41, 5.74) is 2.06. The number of nitrogens with one attached hydrogen (secondary N) is 1. The third-order valence-corrected chi connectivity index (χ3v) is 2.41. The van der Waals surface area contributed by atoms with Crippen molar-refractivity contribution >= 4 is 28.7 Å². The van der Waals surface area contributed by atoms with Crippen LogP contribution >= 0.6 is 11.7 Å². The normalized spacial score (nSPS) is 10.4. The fourth-order valence-corrected chi connectivity index (χ4v) is 1.79. The van der Waals surface area contributed by atoms with Gasteiger partial charge in [0.1, 0.15) is 11.0 Å². The lowest BCUT2D eigenvalue weighted by Crippen LogP contribution is -2.22. The van der Waals surface area contributed by atoms with Gasteiger partial charge in [-0.15, -0.1) is 0 Å². The molecule has 0 aliphatic heterocycles. The number of carbonyl (C=O) groups excluding carboxylic acids is 1. The zero-order valence-corrected chi connectivity index (χ0v) is 8.47. The molecule has 1 amide bonds. The van der Waals surface area contributed by atoms with E-state index in [1.54, 1.807) is 6.07 Å². The molecule has 2 aromatic rings. The van der Waals surface area contributed by atoms with Crippen molar-refractivity contribution in [1.82, 2.24) is 14.1 Å². The van der Waals surface area contributed by atoms with E-state index in [9.17, 15) is 4.79 Å². The summed E-state index contributed by atoms with van der Waals surface area (Å²) in [6, 6.07) is 5.42. The molecule has 0 unspecified atom stereocenters. The Bertz CT molecular complexity index is 466. The van der Waals surface area contributed by atoms with Gasteiger partial charge in [-0.3, -0.25) is 4.79 Å². The van der Waals surface area contributed by atoms with Crippen molar-refractivity contribution in [2.45, 2.75) is 6.92 Å². The summed E-state index contributed by atoms with van der Waals surface area (Å²) in [6.45, 7) is 2.50. The lowest BCUT2D eigenvalue weighted by Gasteiger charge is -2.01. The molecule has 14 heavy (non-hydrogen) atoms. The summed E-state index contributed by atoms with van der Waals surface area (Å²) in [5, 5.41) is 2.74. The quantitative estimate of drug-likeness (QED) is 0.810. The van der Waals surface area contributed by atoms with Crippen LogP contribution in [-0.2, 0) is 0 Å². The molecule has 1 N–H and O–H groups in total. The minimum absolute atomic E-state index is 0.0919. The van der Waals surface area contributed by atoms with Crippen LogP contribution in [0, 0.1) is 0 Å². The predicted molar refractivity (Wildman–Crippen MR) is 55.4 cm³/mol. The SMILES string of the molecule is CCNC(=O)c1cccc2nsnc12. The molecule has 1 aromatic heterocycles. The maximum atomic E-state index is 11.6. The highest BCUT2D eigenvalue weighted by Gasteiger charge is 2.10. The van der Waals surface area contributed by atoms with E-state index in [1.807, 2.05) is 19.1 Å². The Labute approximate surface area is 85.3 Å². The maximum Gasteiger partial charge on any atom is 0.253 e. The highest BCUT2D eigenvalue weighted by atomic mass is 32.1. The van der Waals surface area contributed by atoms with Gasteiger partial charge in [-0.25, -0.2) is 0 Å². The highest BCUT2D eigenvalue weighted by Crippen LogP contribution is 2.15. The maximum absolute atomic E-state index is 11.6. The first-order valence-corrected chi connectivity index (χ1v) is 5.05. The van der Waals surface area contributed by atoms with Crippen LogP contribution in [0.3, 0.4) is 0 Å². The molecule has 2 rings (SSSR count). The number of nitrogens with zero attached hydrogens (tertiary/aromatic N) is 2. The molecular formula is C9H9N3OS. The number of carbonyl (C=O) groups is 1. The van der Waals surface area contributed by atoms with Crippen molar-refractivity contribution in [3.05, 3.63) is 23.8 Å². The molecule has 5 heteroatoms. The highest BCUT2D eigenvalue weighted by molar-refractivity contribution is 7.00. The Morgan fingerprint density at radius 3 is 3.14 bits per heavy atom. The van der Waals surface area contributed by atoms with Crippen LogP contribution in [0.5, 0.6) is 0 Å². The molecule has 4 nitrogen and oxygen atoms in total. The summed E-state index contributed by atoms with van der Waals surface area (Å²) in [4.78, 5) is 11.6. The average molecular weight is 207 g/mol. The first-order chi connectivity index (χ1) is 6.83. The molecule has 0 saturated heterocycles. The van der Waals surface area contributed by atoms with Gasteiger partial charge in [-0.05, 0) is 19.1 Å². The molecule has 0 aliphatic rings. The van der Waals surface area contributed by atoms with Crippen LogP contribution in [-0.4, -0.2) is 21.2 Å². The average Bonchev–Trinajstić information content (AvgIpc) is 2.65. The second kappa shape index (κ2) is 3.71. The van der Waals surface area contributed by atoms with Gasteiger partial charge < -0.3 is 5.32 Å². The molecular weight excluding hydrogens is 198 g/mol. The molecule has 72 valence electrons. The fraction of sp³-hybridized carbons (Fsp3) is 0.222. The van der Waals surface area contributed by atoms with E-state index < -0.39 is 0 Å². The standard InChI is InChI=1S/C9H9N3OS/c1-2-10-9(13)6-4-3-5-7-8(6)12-14-11-7/h3-5H,2H2,1H3,(H,10,13). The largest absolute Gasteiger partial charge is 0.352 e. The monoisotopic (exact) mass is 207 g/mol. The van der Waals surface area contributed by atoms with Crippen LogP contribution in [0.15, 0.2) is 18.2 Å². The van der Waals surface area contributed by atoms with Gasteiger partial charge in [-0.1, -0.05) is 6.07 Å². The van der Waals surface area contributed by atoms with Crippen molar-refractivity contribution in [2.75, 3.05) is 6.54 Å². The lowest BCUT2D eigenvalue weighted by atomic mass is 10.1. The minimum Gasteiger partial charge on any atom is -0.352 e. The molecule has 0 atom stereocenters. The van der Waals surface area contributed by atoms with Crippen molar-refractivity contribution in [2.24, 2.45) is 0 Å². The number of hydrogen-bond donors (Lipinski definition) is 1. The molecule has 0 bridgehead atoms. The summed E-state index contributed by atoms with van der Waals surface area (Å²) in [7, 11) is 0. The number of benzene rings is 1. The van der Waals surface area contributed by atoms with Crippen molar-refractivity contribution in [1.29, 1.82) is 0 Å². The second-order valence-corrected chi connectivity index (χ2v) is 3.33. The summed E-state index contributed by atoms with van der Waals surface area (Å²) in [5.74, 6) is -0.0919. The van der Waals surface area contributed by atoms with E-state index in [4.69, 9.17) is 0 Å². The van der Waals surface area contributed by atoms with Gasteiger partial charge in [0, 0.05) is 6.54 Å². The Kier molecular flexibility index (Phi) is 2.41. The van der Waals surface area contributed by atoms with Gasteiger partial charge in [0.05, 0.1) is 17.3 Å². The first-order valence-electron chi connectivity index (χ1n) is 4.32. The van der Waals surface area contributed by atoms with Gasteiger partial charge in [-0.2, -0.15) is 8.75 Å². The fourth-order valence-electron chi connectivity index (χ4n) is 1.25. The molecule has 1 heterocycles. The molecule has 0 radical (unpaired) electrons. The van der Waals surface area contributed by atoms with E-state index in [-0.39, 0.29) is 5.91 Å². The van der Waals surface area contributed by atoms with E-state index in [0.29, 0.717) is 17.6 Å². The van der Waals surface area contributed by atoms with Gasteiger partial charge in [0.25, 0.3) is 5.91 Å². The molecule has 0 aliphatic carbocycles. The van der Waals surface area contributed by atoms with Crippen LogP contribution in [0.25, 0.3) is 11.0 Å². The zero-order chi connectivity index (χ0) is 9.97. The molecule has 1 aromatic carbocycles. The van der Waals surface area contributed by atoms with E-state index in [1.165, 1.54) is 0 Å². The number of aromatic nitrogens is 2. The van der Waals surface area contributed by atoms with Crippen molar-refractivity contribution in [3.63, 3.8) is 0 Å². The second-order valence-electron chi connectivity index (χ2n) is 2.80. The topological polar surface area (TPSA) is 54.9 Å². The number of hydrogen-bond acceptors (Lipinski definition) is 4. The Morgan fingerprint density at radius 1 is 1.50 bits per heavy atom. The van der Waals surface area contributed by atoms with Gasteiger partial charge >= 0.3 is 0 Å². The van der Waals surface area contributed by atoms with E-state index in [0.717, 1.165) is 17.2 Å². The third kappa shape index (κ3) is 1.46. The lowest BCUT2D eigenvalue weighted by molar-refractivity contribution is 0.0957. The predicted octanol–water partition coefficient (Wildman–Crippen LogP) is 1.44. The molecule has 0 spiro atoms. The Hall–Kier alpha value is -1.49. The van der Waals surface area contributed by atoms with Crippen molar-refractivity contribution in [3.8, 4) is 0 Å².